The SMILES string of the molecule is [C]1=C\CC/C=C\CCCCCC/1. The zero-order valence-corrected chi connectivity index (χ0v) is 7.89. The zero-order valence-electron chi connectivity index (χ0n) is 7.89. The van der Waals surface area contributed by atoms with E-state index in [-0.39, 0.29) is 0 Å². The average Bonchev–Trinajstić information content (AvgIpc) is 2.05. The van der Waals surface area contributed by atoms with Crippen molar-refractivity contribution in [2.75, 3.05) is 0 Å². The number of allylic oxidation sites excluding steroid dienone is 4. The first kappa shape index (κ1) is 9.57. The van der Waals surface area contributed by atoms with Gasteiger partial charge in [0.05, 0.1) is 0 Å². The van der Waals surface area contributed by atoms with Gasteiger partial charge >= 0.3 is 0 Å². The summed E-state index contributed by atoms with van der Waals surface area (Å²) in [5, 5.41) is 0. The summed E-state index contributed by atoms with van der Waals surface area (Å²) in [6.45, 7) is 0. The molecule has 1 rings (SSSR count). The van der Waals surface area contributed by atoms with Gasteiger partial charge in [-0.25, -0.2) is 0 Å². The van der Waals surface area contributed by atoms with Gasteiger partial charge in [0.2, 0.25) is 0 Å². The molecule has 0 spiro atoms. The van der Waals surface area contributed by atoms with Crippen LogP contribution in [0.25, 0.3) is 0 Å². The van der Waals surface area contributed by atoms with Gasteiger partial charge in [-0.2, -0.15) is 0 Å². The van der Waals surface area contributed by atoms with Crippen molar-refractivity contribution in [1.29, 1.82) is 0 Å². The monoisotopic (exact) mass is 163 g/mol. The molecule has 0 aromatic heterocycles. The van der Waals surface area contributed by atoms with Crippen LogP contribution in [0.15, 0.2) is 18.2 Å². The van der Waals surface area contributed by atoms with Crippen LogP contribution in [0.3, 0.4) is 0 Å². The Morgan fingerprint density at radius 2 is 1.58 bits per heavy atom. The van der Waals surface area contributed by atoms with E-state index in [4.69, 9.17) is 0 Å². The Balaban J connectivity index is 2.19. The van der Waals surface area contributed by atoms with Gasteiger partial charge in [0.1, 0.15) is 0 Å². The van der Waals surface area contributed by atoms with Crippen molar-refractivity contribution in [3.05, 3.63) is 24.3 Å². The zero-order chi connectivity index (χ0) is 8.49. The summed E-state index contributed by atoms with van der Waals surface area (Å²) >= 11 is 0. The Bertz CT molecular complexity index is 124. The van der Waals surface area contributed by atoms with Crippen molar-refractivity contribution < 1.29 is 0 Å². The van der Waals surface area contributed by atoms with Crippen LogP contribution >= 0.6 is 0 Å². The number of hydrogen-bond donors (Lipinski definition) is 0. The maximum absolute atomic E-state index is 3.34. The van der Waals surface area contributed by atoms with Crippen LogP contribution in [0, 0.1) is 6.08 Å². The van der Waals surface area contributed by atoms with Crippen molar-refractivity contribution in [2.45, 2.75) is 51.4 Å². The molecule has 0 heteroatoms. The lowest BCUT2D eigenvalue weighted by Crippen LogP contribution is -1.78. The summed E-state index contributed by atoms with van der Waals surface area (Å²) < 4.78 is 0. The second kappa shape index (κ2) is 7.15. The van der Waals surface area contributed by atoms with Crippen LogP contribution in [-0.4, -0.2) is 0 Å². The third-order valence-electron chi connectivity index (χ3n) is 2.23. The average molecular weight is 163 g/mol. The highest BCUT2D eigenvalue weighted by molar-refractivity contribution is 4.85. The van der Waals surface area contributed by atoms with Crippen molar-refractivity contribution in [3.63, 3.8) is 0 Å². The molecule has 0 unspecified atom stereocenters. The first-order valence-corrected chi connectivity index (χ1v) is 5.20. The highest BCUT2D eigenvalue weighted by atomic mass is 13.9. The summed E-state index contributed by atoms with van der Waals surface area (Å²) in [5.74, 6) is 0. The van der Waals surface area contributed by atoms with Gasteiger partial charge in [-0.3, -0.25) is 0 Å². The first-order valence-electron chi connectivity index (χ1n) is 5.20. The summed E-state index contributed by atoms with van der Waals surface area (Å²) in [6.07, 6.45) is 20.5. The molecule has 0 aromatic rings. The van der Waals surface area contributed by atoms with E-state index in [2.05, 4.69) is 24.3 Å². The molecule has 1 aliphatic rings. The van der Waals surface area contributed by atoms with Crippen molar-refractivity contribution >= 4 is 0 Å². The lowest BCUT2D eigenvalue weighted by atomic mass is 10.1. The molecule has 0 aromatic carbocycles. The minimum atomic E-state index is 1.17. The molecule has 0 bridgehead atoms. The molecule has 0 amide bonds. The highest BCUT2D eigenvalue weighted by Gasteiger charge is 1.89. The van der Waals surface area contributed by atoms with E-state index in [9.17, 15) is 0 Å². The first-order chi connectivity index (χ1) is 6.00. The lowest BCUT2D eigenvalue weighted by molar-refractivity contribution is 0.646. The van der Waals surface area contributed by atoms with Gasteiger partial charge in [0.25, 0.3) is 0 Å². The molecule has 12 heavy (non-hydrogen) atoms. The van der Waals surface area contributed by atoms with Gasteiger partial charge in [-0.05, 0) is 44.6 Å². The fourth-order valence-electron chi connectivity index (χ4n) is 1.46. The lowest BCUT2D eigenvalue weighted by Gasteiger charge is -1.98. The van der Waals surface area contributed by atoms with Crippen molar-refractivity contribution in [2.24, 2.45) is 0 Å². The van der Waals surface area contributed by atoms with E-state index in [0.29, 0.717) is 0 Å². The van der Waals surface area contributed by atoms with E-state index in [1.807, 2.05) is 0 Å². The fraction of sp³-hybridized carbons (Fsp3) is 0.667. The number of rotatable bonds is 0. The highest BCUT2D eigenvalue weighted by Crippen LogP contribution is 2.08. The number of hydrogen-bond acceptors (Lipinski definition) is 0. The van der Waals surface area contributed by atoms with E-state index in [0.717, 1.165) is 0 Å². The van der Waals surface area contributed by atoms with E-state index in [1.165, 1.54) is 51.4 Å². The van der Waals surface area contributed by atoms with Crippen LogP contribution < -0.4 is 0 Å². The Kier molecular flexibility index (Phi) is 5.70. The molecule has 0 aliphatic heterocycles. The Morgan fingerprint density at radius 3 is 2.58 bits per heavy atom. The smallest absolute Gasteiger partial charge is 0.0279 e. The molecule has 0 nitrogen and oxygen atoms in total. The van der Waals surface area contributed by atoms with Gasteiger partial charge in [-0.1, -0.05) is 31.1 Å². The molecule has 0 saturated carbocycles. The third-order valence-corrected chi connectivity index (χ3v) is 2.23. The Hall–Kier alpha value is -0.520. The minimum absolute atomic E-state index is 1.17. The molecule has 1 radical (unpaired) electrons. The maximum atomic E-state index is 3.34. The normalized spacial score (nSPS) is 26.7. The van der Waals surface area contributed by atoms with Crippen LogP contribution in [0.1, 0.15) is 51.4 Å². The predicted octanol–water partition coefficient (Wildman–Crippen LogP) is 4.04. The second-order valence-corrected chi connectivity index (χ2v) is 3.41. The molecule has 0 fully saturated rings. The van der Waals surface area contributed by atoms with E-state index >= 15 is 0 Å². The topological polar surface area (TPSA) is 0 Å². The quantitative estimate of drug-likeness (QED) is 0.473. The minimum Gasteiger partial charge on any atom is -0.0885 e. The largest absolute Gasteiger partial charge is 0.0885 e. The third kappa shape index (κ3) is 5.17. The van der Waals surface area contributed by atoms with Gasteiger partial charge in [0, 0.05) is 0 Å². The molecule has 67 valence electrons. The second-order valence-electron chi connectivity index (χ2n) is 3.41. The summed E-state index contributed by atoms with van der Waals surface area (Å²) in [5.41, 5.74) is 0. The summed E-state index contributed by atoms with van der Waals surface area (Å²) in [7, 11) is 0. The van der Waals surface area contributed by atoms with E-state index in [1.54, 1.807) is 0 Å². The van der Waals surface area contributed by atoms with Gasteiger partial charge < -0.3 is 0 Å². The molecule has 0 heterocycles. The molecular weight excluding hydrogens is 144 g/mol. The summed E-state index contributed by atoms with van der Waals surface area (Å²) in [6, 6.07) is 0. The standard InChI is InChI=1S/C12H19/c1-2-4-6-8-10-12-11-9-7-5-3-1/h1-2,7H,3-6,8,10-12H2/b2-1-,9-7?. The van der Waals surface area contributed by atoms with Crippen LogP contribution in [0.5, 0.6) is 0 Å². The molecule has 1 aliphatic carbocycles. The van der Waals surface area contributed by atoms with Crippen molar-refractivity contribution in [1.82, 2.24) is 0 Å². The predicted molar refractivity (Wildman–Crippen MR) is 53.9 cm³/mol. The Morgan fingerprint density at radius 1 is 0.750 bits per heavy atom. The van der Waals surface area contributed by atoms with Crippen molar-refractivity contribution in [3.8, 4) is 0 Å². The fourth-order valence-corrected chi connectivity index (χ4v) is 1.46. The maximum Gasteiger partial charge on any atom is -0.0279 e. The molecular formula is C12H19. The van der Waals surface area contributed by atoms with Gasteiger partial charge in [0.15, 0.2) is 0 Å². The summed E-state index contributed by atoms with van der Waals surface area (Å²) in [4.78, 5) is 0. The molecule has 0 atom stereocenters. The van der Waals surface area contributed by atoms with Crippen LogP contribution in [0.4, 0.5) is 0 Å². The Labute approximate surface area is 76.4 Å². The molecule has 0 N–H and O–H groups in total. The van der Waals surface area contributed by atoms with Crippen LogP contribution in [0.2, 0.25) is 0 Å². The van der Waals surface area contributed by atoms with E-state index < -0.39 is 0 Å². The van der Waals surface area contributed by atoms with Crippen LogP contribution in [-0.2, 0) is 0 Å². The molecule has 0 saturated heterocycles. The van der Waals surface area contributed by atoms with Gasteiger partial charge in [-0.15, -0.1) is 0 Å².